The van der Waals surface area contributed by atoms with E-state index in [0.717, 1.165) is 0 Å². The van der Waals surface area contributed by atoms with E-state index < -0.39 is 226 Å². The van der Waals surface area contributed by atoms with Crippen molar-refractivity contribution in [2.75, 3.05) is 31.8 Å². The van der Waals surface area contributed by atoms with Crippen LogP contribution in [0.5, 0.6) is 0 Å². The standard InChI is InChI=1S/C66H95N7O24S/c1-36(2)29-47(52(77)20-21-56(81)68-49(35-98-6)53(78)30-37(3)38(4)74)72-66(96)50-9-7-27-73(50)57(82)34-97-28-8-10-51(76)48(31-40-11-13-41(14-12-40)39(5)75)71-64(94)43(16-23-59(85)86)33-54(79)45(18-25-61(89)90)69-63(93)42(15-22-58(83)84)32-55(80)46(19-26-62(91)92)70-65(95)44(67)17-24-60(87)88/h11-14,36-37,42-50H,7-10,15-35,67H2,1-6H3,(H,68,81)(H,69,93)(H,70,95)(H,71,94)(H,72,96)(H,83,84)(H,85,86)(H,87,88)(H,89,90)(H,91,92)/t37-,42+,43+,44-,45-,46-,47+,48+,49+,50+/m1/s1. The summed E-state index contributed by atoms with van der Waals surface area (Å²) < 4.78 is 5.67. The van der Waals surface area contributed by atoms with Gasteiger partial charge in [0.25, 0.3) is 0 Å². The molecule has 12 N–H and O–H groups in total. The predicted molar refractivity (Wildman–Crippen MR) is 350 cm³/mol. The number of carboxylic acid groups (broad SMARTS) is 5. The number of ether oxygens (including phenoxy) is 1. The van der Waals surface area contributed by atoms with Gasteiger partial charge in [0, 0.05) is 113 Å². The summed E-state index contributed by atoms with van der Waals surface area (Å²) in [6.45, 7) is 7.43. The number of nitrogens with two attached hydrogens (primary N) is 1. The average molecular weight is 1400 g/mol. The van der Waals surface area contributed by atoms with Crippen LogP contribution < -0.4 is 32.3 Å². The largest absolute Gasteiger partial charge is 0.481 e. The van der Waals surface area contributed by atoms with Crippen molar-refractivity contribution >= 4 is 118 Å². The van der Waals surface area contributed by atoms with Crippen LogP contribution in [0.1, 0.15) is 179 Å². The number of hydrogen-bond donors (Lipinski definition) is 11. The number of benzene rings is 1. The molecule has 10 atom stereocenters. The number of amides is 6. The second-order valence-corrected chi connectivity index (χ2v) is 25.8. The first kappa shape index (κ1) is 85.4. The van der Waals surface area contributed by atoms with Gasteiger partial charge < -0.3 is 67.5 Å². The second-order valence-electron chi connectivity index (χ2n) is 24.9. The lowest BCUT2D eigenvalue weighted by Crippen LogP contribution is -2.52. The molecule has 98 heavy (non-hydrogen) atoms. The Kier molecular flexibility index (Phi) is 38.6. The highest BCUT2D eigenvalue weighted by atomic mass is 32.2. The van der Waals surface area contributed by atoms with Gasteiger partial charge in [0.2, 0.25) is 35.4 Å². The van der Waals surface area contributed by atoms with E-state index >= 15 is 0 Å². The van der Waals surface area contributed by atoms with Crippen LogP contribution in [0.25, 0.3) is 0 Å². The van der Waals surface area contributed by atoms with E-state index in [1.165, 1.54) is 54.8 Å². The van der Waals surface area contributed by atoms with E-state index in [2.05, 4.69) is 26.6 Å². The molecule has 32 heteroatoms. The second kappa shape index (κ2) is 44.3. The molecule has 1 aromatic rings. The van der Waals surface area contributed by atoms with Gasteiger partial charge in [-0.3, -0.25) is 86.3 Å². The third-order valence-corrected chi connectivity index (χ3v) is 17.0. The van der Waals surface area contributed by atoms with Crippen LogP contribution in [0.2, 0.25) is 0 Å². The van der Waals surface area contributed by atoms with Crippen molar-refractivity contribution in [3.63, 3.8) is 0 Å². The zero-order chi connectivity index (χ0) is 73.9. The number of likely N-dealkylation sites (tertiary alicyclic amines) is 1. The predicted octanol–water partition coefficient (Wildman–Crippen LogP) is 1.96. The smallest absolute Gasteiger partial charge is 0.303 e. The highest BCUT2D eigenvalue weighted by Gasteiger charge is 2.38. The maximum atomic E-state index is 14.4. The number of rotatable bonds is 52. The number of nitrogens with one attached hydrogen (secondary N) is 5. The third kappa shape index (κ3) is 33.1. The minimum atomic E-state index is -1.79. The number of aliphatic carboxylic acids is 5. The van der Waals surface area contributed by atoms with Crippen LogP contribution in [0.15, 0.2) is 24.3 Å². The summed E-state index contributed by atoms with van der Waals surface area (Å²) in [5.74, 6) is -19.4. The summed E-state index contributed by atoms with van der Waals surface area (Å²) in [7, 11) is 0. The molecule has 1 fully saturated rings. The molecule has 0 unspecified atom stereocenters. The van der Waals surface area contributed by atoms with Gasteiger partial charge in [-0.1, -0.05) is 45.0 Å². The lowest BCUT2D eigenvalue weighted by atomic mass is 9.89. The average Bonchev–Trinajstić information content (AvgIpc) is 1.62. The Morgan fingerprint density at radius 2 is 1.03 bits per heavy atom. The molecule has 0 aliphatic carbocycles. The normalized spacial score (nSPS) is 15.5. The van der Waals surface area contributed by atoms with Crippen LogP contribution in [0.3, 0.4) is 0 Å². The molecule has 1 aromatic carbocycles. The van der Waals surface area contributed by atoms with Crippen LogP contribution in [0.4, 0.5) is 0 Å². The van der Waals surface area contributed by atoms with Crippen molar-refractivity contribution in [3.8, 4) is 0 Å². The van der Waals surface area contributed by atoms with Crippen LogP contribution in [-0.2, 0) is 92.7 Å². The first-order valence-corrected chi connectivity index (χ1v) is 33.9. The number of Topliss-reactive ketones (excluding diaryl/α,β-unsaturated/α-hetero) is 7. The molecular weight excluding hydrogens is 1310 g/mol. The summed E-state index contributed by atoms with van der Waals surface area (Å²) in [6.07, 6.45) is -6.51. The number of carbonyl (C=O) groups excluding carboxylic acids is 13. The number of carboxylic acids is 5. The Hall–Kier alpha value is -8.65. The van der Waals surface area contributed by atoms with Gasteiger partial charge in [-0.25, -0.2) is 0 Å². The fraction of sp³-hybridized carbons (Fsp3) is 0.636. The minimum Gasteiger partial charge on any atom is -0.481 e. The zero-order valence-electron chi connectivity index (χ0n) is 56.3. The SMILES string of the molecule is CSC[C@H](NC(=O)CCC(=O)[C@H](CC(C)C)NC(=O)[C@@H]1CCCN1C(=O)COCCCC(=O)[C@H](Cc1ccc(C(C)=O)cc1)NC(=O)[C@@H](CCC(=O)O)CC(=O)[C@@H](CCC(=O)O)NC(=O)[C@@H](CCC(=O)O)CC(=O)[C@@H](CCC(=O)O)NC(=O)[C@H](N)CCC(=O)O)C(=O)C[C@@H](C)C(C)=O. The first-order chi connectivity index (χ1) is 46.0. The van der Waals surface area contributed by atoms with Crippen molar-refractivity contribution < 1.29 is 117 Å². The van der Waals surface area contributed by atoms with Crippen LogP contribution >= 0.6 is 11.8 Å². The molecule has 1 heterocycles. The van der Waals surface area contributed by atoms with Gasteiger partial charge in [-0.15, -0.1) is 0 Å². The van der Waals surface area contributed by atoms with Crippen molar-refractivity contribution in [1.29, 1.82) is 0 Å². The van der Waals surface area contributed by atoms with Crippen LogP contribution in [0, 0.1) is 23.7 Å². The lowest BCUT2D eigenvalue weighted by molar-refractivity contribution is -0.142. The molecule has 6 amide bonds. The fourth-order valence-electron chi connectivity index (χ4n) is 10.6. The molecule has 2 rings (SSSR count). The first-order valence-electron chi connectivity index (χ1n) is 32.5. The number of ketones is 7. The molecule has 544 valence electrons. The summed E-state index contributed by atoms with van der Waals surface area (Å²) in [5.41, 5.74) is 6.53. The molecule has 1 saturated heterocycles. The summed E-state index contributed by atoms with van der Waals surface area (Å²) in [5, 5.41) is 59.8. The van der Waals surface area contributed by atoms with Gasteiger partial charge in [-0.05, 0) is 95.8 Å². The Labute approximate surface area is 571 Å². The number of nitrogens with zero attached hydrogens (tertiary/aromatic N) is 1. The van der Waals surface area contributed by atoms with E-state index in [1.54, 1.807) is 13.2 Å². The molecule has 0 saturated carbocycles. The number of carbonyl (C=O) groups is 18. The quantitative estimate of drug-likeness (QED) is 0.0328. The lowest BCUT2D eigenvalue weighted by Gasteiger charge is -2.27. The van der Waals surface area contributed by atoms with Crippen molar-refractivity contribution in [2.24, 2.45) is 29.4 Å². The molecular formula is C66H95N7O24S. The monoisotopic (exact) mass is 1400 g/mol. The Bertz CT molecular complexity index is 3030. The van der Waals surface area contributed by atoms with Gasteiger partial charge in [0.05, 0.1) is 36.3 Å². The molecule has 0 aromatic heterocycles. The zero-order valence-corrected chi connectivity index (χ0v) is 57.1. The van der Waals surface area contributed by atoms with E-state index in [4.69, 9.17) is 15.6 Å². The molecule has 0 radical (unpaired) electrons. The number of thioether (sulfide) groups is 1. The third-order valence-electron chi connectivity index (χ3n) is 16.3. The topological polar surface area (TPSA) is 507 Å². The van der Waals surface area contributed by atoms with Crippen molar-refractivity contribution in [3.05, 3.63) is 35.4 Å². The summed E-state index contributed by atoms with van der Waals surface area (Å²) in [6, 6.07) is -3.18. The number of hydrogen-bond acceptors (Lipinski definition) is 21. The Morgan fingerprint density at radius 3 is 1.52 bits per heavy atom. The Morgan fingerprint density at radius 1 is 0.551 bits per heavy atom. The van der Waals surface area contributed by atoms with E-state index in [-0.39, 0.29) is 100.0 Å². The molecule has 0 bridgehead atoms. The van der Waals surface area contributed by atoms with E-state index in [0.29, 0.717) is 17.5 Å². The summed E-state index contributed by atoms with van der Waals surface area (Å²) >= 11 is 1.32. The van der Waals surface area contributed by atoms with Crippen molar-refractivity contribution in [2.45, 2.75) is 212 Å². The van der Waals surface area contributed by atoms with Crippen molar-refractivity contribution in [1.82, 2.24) is 31.5 Å². The molecule has 31 nitrogen and oxygen atoms in total. The summed E-state index contributed by atoms with van der Waals surface area (Å²) in [4.78, 5) is 234. The van der Waals surface area contributed by atoms with Gasteiger partial charge in [0.1, 0.15) is 18.4 Å². The molecule has 1 aliphatic rings. The van der Waals surface area contributed by atoms with Gasteiger partial charge >= 0.3 is 29.8 Å². The molecule has 0 spiro atoms. The van der Waals surface area contributed by atoms with E-state index in [9.17, 15) is 107 Å². The van der Waals surface area contributed by atoms with E-state index in [1.807, 2.05) is 13.8 Å². The van der Waals surface area contributed by atoms with Gasteiger partial charge in [-0.2, -0.15) is 11.8 Å². The highest BCUT2D eigenvalue weighted by Crippen LogP contribution is 2.23. The Balaban J connectivity index is 2.32. The maximum Gasteiger partial charge on any atom is 0.303 e. The highest BCUT2D eigenvalue weighted by molar-refractivity contribution is 7.98. The molecule has 1 aliphatic heterocycles. The van der Waals surface area contributed by atoms with Gasteiger partial charge in [0.15, 0.2) is 34.7 Å². The van der Waals surface area contributed by atoms with Crippen LogP contribution in [-0.4, -0.2) is 210 Å². The fourth-order valence-corrected chi connectivity index (χ4v) is 11.2. The maximum absolute atomic E-state index is 14.4. The minimum absolute atomic E-state index is 0.0401.